The predicted molar refractivity (Wildman–Crippen MR) is 226 cm³/mol. The van der Waals surface area contributed by atoms with E-state index >= 15 is 4.79 Å². The van der Waals surface area contributed by atoms with E-state index in [9.17, 15) is 14.7 Å². The summed E-state index contributed by atoms with van der Waals surface area (Å²) in [5.41, 5.74) is 0.252. The molecule has 2 saturated carbocycles. The van der Waals surface area contributed by atoms with E-state index < -0.39 is 45.9 Å². The molecule has 2 bridgehead atoms. The van der Waals surface area contributed by atoms with E-state index in [1.807, 2.05) is 31.0 Å². The summed E-state index contributed by atoms with van der Waals surface area (Å²) < 4.78 is 24.2. The van der Waals surface area contributed by atoms with Gasteiger partial charge in [-0.1, -0.05) is 50.1 Å². The lowest BCUT2D eigenvalue weighted by Crippen LogP contribution is -2.81. The highest BCUT2D eigenvalue weighted by Crippen LogP contribution is 2.68. The zero-order valence-corrected chi connectivity index (χ0v) is 36.0. The van der Waals surface area contributed by atoms with Gasteiger partial charge < -0.3 is 38.8 Å². The number of esters is 3. The average molecular weight is 821 g/mol. The summed E-state index contributed by atoms with van der Waals surface area (Å²) >= 11 is 0. The van der Waals surface area contributed by atoms with Crippen molar-refractivity contribution in [2.45, 2.75) is 106 Å². The van der Waals surface area contributed by atoms with Crippen LogP contribution in [0.4, 0.5) is 5.69 Å². The van der Waals surface area contributed by atoms with Crippen LogP contribution < -0.4 is 9.64 Å². The third kappa shape index (κ3) is 5.04. The first-order valence-corrected chi connectivity index (χ1v) is 22.1. The molecule has 60 heavy (non-hydrogen) atoms. The molecule has 12 heteroatoms. The molecule has 2 spiro atoms. The third-order valence-electron chi connectivity index (χ3n) is 16.7. The topological polar surface area (TPSA) is 134 Å². The molecule has 1 aromatic heterocycles. The van der Waals surface area contributed by atoms with Crippen LogP contribution in [0.15, 0.2) is 48.6 Å². The number of piperidine rings is 1. The van der Waals surface area contributed by atoms with Crippen LogP contribution in [0, 0.1) is 16.7 Å². The van der Waals surface area contributed by atoms with Gasteiger partial charge in [0, 0.05) is 90.9 Å². The van der Waals surface area contributed by atoms with Crippen LogP contribution in [0.3, 0.4) is 0 Å². The molecule has 2 aliphatic carbocycles. The lowest BCUT2D eigenvalue weighted by Gasteiger charge is -2.63. The number of carbonyl (C=O) groups excluding carboxylic acids is 3. The molecule has 4 fully saturated rings. The molecule has 5 aliphatic heterocycles. The van der Waals surface area contributed by atoms with Crippen molar-refractivity contribution in [3.8, 4) is 5.75 Å². The van der Waals surface area contributed by atoms with Gasteiger partial charge in [0.1, 0.15) is 11.2 Å². The number of para-hydroxylation sites is 1. The number of aromatic amines is 1. The first-order valence-electron chi connectivity index (χ1n) is 22.1. The van der Waals surface area contributed by atoms with Crippen molar-refractivity contribution in [2.24, 2.45) is 16.7 Å². The molecule has 1 unspecified atom stereocenters. The molecular weight excluding hydrogens is 761 g/mol. The van der Waals surface area contributed by atoms with Crippen LogP contribution in [0.2, 0.25) is 0 Å². The fraction of sp³-hybridized carbons (Fsp3) is 0.604. The van der Waals surface area contributed by atoms with Crippen LogP contribution in [0.1, 0.15) is 87.6 Å². The van der Waals surface area contributed by atoms with Crippen molar-refractivity contribution >= 4 is 34.5 Å². The van der Waals surface area contributed by atoms with Gasteiger partial charge in [-0.05, 0) is 86.1 Å². The summed E-state index contributed by atoms with van der Waals surface area (Å²) in [4.78, 5) is 53.9. The number of carbonyl (C=O) groups is 3. The maximum Gasteiger partial charge on any atom is 0.344 e. The number of methoxy groups -OCH3 is 3. The number of likely N-dealkylation sites (N-methyl/N-ethyl adjacent to an activating group) is 1. The number of aliphatic hydroxyl groups is 1. The van der Waals surface area contributed by atoms with E-state index in [4.69, 9.17) is 18.9 Å². The van der Waals surface area contributed by atoms with Crippen molar-refractivity contribution < 1.29 is 38.4 Å². The van der Waals surface area contributed by atoms with Crippen LogP contribution in [0.5, 0.6) is 5.75 Å². The van der Waals surface area contributed by atoms with Crippen molar-refractivity contribution in [2.75, 3.05) is 66.0 Å². The summed E-state index contributed by atoms with van der Waals surface area (Å²) in [6.45, 7) is 7.63. The monoisotopic (exact) mass is 820 g/mol. The second-order valence-electron chi connectivity index (χ2n) is 19.3. The van der Waals surface area contributed by atoms with Gasteiger partial charge in [0.2, 0.25) is 5.60 Å². The highest BCUT2D eigenvalue weighted by molar-refractivity contribution is 5.95. The Bertz CT molecular complexity index is 2300. The Labute approximate surface area is 352 Å². The number of ether oxygens (including phenoxy) is 4. The Hall–Kier alpha value is -4.39. The Morgan fingerprint density at radius 1 is 0.950 bits per heavy atom. The molecule has 12 nitrogen and oxygen atoms in total. The number of hydrogen-bond acceptors (Lipinski definition) is 11. The number of fused-ring (bicyclic) bond motifs is 6. The SMILES string of the molecule is CC[C@]12C=CCN3CC[C@@]4(c5cc([C@]6(C(=O)OC)C[C@H]7CN(CCc8c6[nH]c6ccccc86)CC6(CCCC6)C7)c(OC)cc5N(C)[C@H]4[C@@](O)(C(=O)OC)[C@@H]1OC(C)=O)[C@@H]32. The Balaban J connectivity index is 1.27. The van der Waals surface area contributed by atoms with Gasteiger partial charge >= 0.3 is 17.9 Å². The minimum Gasteiger partial charge on any atom is -0.496 e. The van der Waals surface area contributed by atoms with Gasteiger partial charge in [-0.25, -0.2) is 4.79 Å². The molecule has 10 rings (SSSR count). The number of aromatic nitrogens is 1. The quantitative estimate of drug-likeness (QED) is 0.188. The molecule has 0 radical (unpaired) electrons. The summed E-state index contributed by atoms with van der Waals surface area (Å²) in [7, 11) is 6.33. The Kier molecular flexibility index (Phi) is 9.14. The molecule has 2 N–H and O–H groups in total. The van der Waals surface area contributed by atoms with Crippen LogP contribution in [-0.2, 0) is 45.8 Å². The van der Waals surface area contributed by atoms with Gasteiger partial charge in [0.25, 0.3) is 0 Å². The maximum absolute atomic E-state index is 15.5. The van der Waals surface area contributed by atoms with Crippen molar-refractivity contribution in [1.82, 2.24) is 14.8 Å². The molecule has 320 valence electrons. The molecule has 2 aromatic carbocycles. The van der Waals surface area contributed by atoms with Crippen molar-refractivity contribution in [3.05, 3.63) is 70.9 Å². The third-order valence-corrected chi connectivity index (χ3v) is 16.7. The molecule has 2 saturated heterocycles. The van der Waals surface area contributed by atoms with Crippen LogP contribution in [0.25, 0.3) is 10.9 Å². The predicted octanol–water partition coefficient (Wildman–Crippen LogP) is 5.41. The Morgan fingerprint density at radius 2 is 1.72 bits per heavy atom. The van der Waals surface area contributed by atoms with E-state index in [0.717, 1.165) is 71.5 Å². The largest absolute Gasteiger partial charge is 0.496 e. The number of H-pyrrole nitrogens is 1. The minimum absolute atomic E-state index is 0.196. The lowest BCUT2D eigenvalue weighted by atomic mass is 9.47. The minimum atomic E-state index is -2.27. The molecular formula is C48H60N4O8. The fourth-order valence-corrected chi connectivity index (χ4v) is 14.9. The standard InChI is InChI=1S/C48H60N4O8/c1-7-45-18-12-20-52-22-19-46(39(45)52)33-23-34(37(57-4)24-36(33)50(3)40(46)48(56,43(55)59-6)41(45)60-29(2)53)47(42(54)58-5)26-30-25-44(16-10-11-17-44)28-51(27-30)21-15-32-31-13-8-9-14-35(31)49-38(32)47/h8-9,12-14,18,23-24,30,39-41,49,56H,7,10-11,15-17,19-22,25-28H2,1-6H3/t30-,39-,40+,41+,45+,46+,47+,48-/m0/s1. The van der Waals surface area contributed by atoms with E-state index in [0.29, 0.717) is 38.1 Å². The Morgan fingerprint density at radius 3 is 2.43 bits per heavy atom. The maximum atomic E-state index is 15.5. The highest BCUT2D eigenvalue weighted by atomic mass is 16.6. The van der Waals surface area contributed by atoms with Gasteiger partial charge in [0.15, 0.2) is 6.10 Å². The number of anilines is 1. The fourth-order valence-electron chi connectivity index (χ4n) is 14.9. The normalized spacial score (nSPS) is 36.0. The molecule has 7 aliphatic rings. The number of benzene rings is 2. The number of nitrogens with one attached hydrogen (secondary N) is 1. The van der Waals surface area contributed by atoms with Gasteiger partial charge in [-0.2, -0.15) is 0 Å². The van der Waals surface area contributed by atoms with Crippen LogP contribution in [-0.4, -0.2) is 123 Å². The average Bonchev–Trinajstić information content (AvgIpc) is 4.03. The summed E-state index contributed by atoms with van der Waals surface area (Å²) in [6, 6.07) is 11.4. The van der Waals surface area contributed by atoms with Gasteiger partial charge in [-0.3, -0.25) is 14.5 Å². The summed E-state index contributed by atoms with van der Waals surface area (Å²) in [5, 5.41) is 14.5. The molecule has 3 aromatic rings. The molecule has 0 amide bonds. The first-order chi connectivity index (χ1) is 28.9. The lowest BCUT2D eigenvalue weighted by molar-refractivity contribution is -0.228. The second-order valence-corrected chi connectivity index (χ2v) is 19.3. The van der Waals surface area contributed by atoms with Crippen molar-refractivity contribution in [1.29, 1.82) is 0 Å². The van der Waals surface area contributed by atoms with Gasteiger partial charge in [-0.15, -0.1) is 0 Å². The van der Waals surface area contributed by atoms with E-state index in [1.54, 1.807) is 7.11 Å². The summed E-state index contributed by atoms with van der Waals surface area (Å²) in [5.74, 6) is -1.03. The van der Waals surface area contributed by atoms with Gasteiger partial charge in [0.05, 0.1) is 27.4 Å². The highest BCUT2D eigenvalue weighted by Gasteiger charge is 2.80. The van der Waals surface area contributed by atoms with Crippen LogP contribution >= 0.6 is 0 Å². The second kappa shape index (κ2) is 13.8. The number of nitrogens with zero attached hydrogens (tertiary/aromatic N) is 3. The van der Waals surface area contributed by atoms with E-state index in [1.165, 1.54) is 46.8 Å². The zero-order chi connectivity index (χ0) is 42.0. The number of hydrogen-bond donors (Lipinski definition) is 2. The molecule has 9 atom stereocenters. The zero-order valence-electron chi connectivity index (χ0n) is 36.0. The van der Waals surface area contributed by atoms with E-state index in [-0.39, 0.29) is 23.3 Å². The van der Waals surface area contributed by atoms with E-state index in [2.05, 4.69) is 51.2 Å². The first kappa shape index (κ1) is 39.7. The molecule has 6 heterocycles. The number of rotatable bonds is 6. The summed E-state index contributed by atoms with van der Waals surface area (Å²) in [6.07, 6.45) is 11.3. The smallest absolute Gasteiger partial charge is 0.344 e. The van der Waals surface area contributed by atoms with Crippen molar-refractivity contribution in [3.63, 3.8) is 0 Å².